The van der Waals surface area contributed by atoms with Crippen molar-refractivity contribution in [2.75, 3.05) is 11.9 Å². The topological polar surface area (TPSA) is 58.2 Å². The lowest BCUT2D eigenvalue weighted by Gasteiger charge is -2.10. The van der Waals surface area contributed by atoms with Crippen LogP contribution in [0.4, 0.5) is 5.69 Å². The maximum Gasteiger partial charge on any atom is 0.224 e. The Morgan fingerprint density at radius 3 is 2.85 bits per heavy atom. The van der Waals surface area contributed by atoms with E-state index >= 15 is 0 Å². The van der Waals surface area contributed by atoms with Gasteiger partial charge < -0.3 is 10.6 Å². The van der Waals surface area contributed by atoms with Crippen molar-refractivity contribution in [3.05, 3.63) is 29.8 Å². The third-order valence-corrected chi connectivity index (χ3v) is 3.44. The van der Waals surface area contributed by atoms with Crippen LogP contribution in [0, 0.1) is 0 Å². The summed E-state index contributed by atoms with van der Waals surface area (Å²) in [6.07, 6.45) is 3.75. The molecule has 0 spiro atoms. The minimum atomic E-state index is 0. The summed E-state index contributed by atoms with van der Waals surface area (Å²) in [6, 6.07) is 7.53. The zero-order valence-corrected chi connectivity index (χ0v) is 12.5. The van der Waals surface area contributed by atoms with Crippen LogP contribution >= 0.6 is 12.4 Å². The molecule has 0 saturated carbocycles. The molecule has 1 aliphatic heterocycles. The Balaban J connectivity index is 0.00000200. The van der Waals surface area contributed by atoms with Gasteiger partial charge in [0.2, 0.25) is 5.91 Å². The fourth-order valence-corrected chi connectivity index (χ4v) is 2.35. The highest BCUT2D eigenvalue weighted by Gasteiger charge is 2.15. The molecule has 1 atom stereocenters. The zero-order valence-electron chi connectivity index (χ0n) is 11.6. The highest BCUT2D eigenvalue weighted by Crippen LogP contribution is 2.14. The number of amides is 1. The van der Waals surface area contributed by atoms with E-state index in [1.165, 1.54) is 13.3 Å². The van der Waals surface area contributed by atoms with Crippen LogP contribution in [0.2, 0.25) is 0 Å². The van der Waals surface area contributed by atoms with Crippen molar-refractivity contribution in [1.82, 2.24) is 5.32 Å². The van der Waals surface area contributed by atoms with Crippen LogP contribution < -0.4 is 10.6 Å². The van der Waals surface area contributed by atoms with Gasteiger partial charge in [-0.2, -0.15) is 0 Å². The molecule has 1 heterocycles. The molecule has 1 aromatic carbocycles. The quantitative estimate of drug-likeness (QED) is 0.822. The molecule has 0 aliphatic carbocycles. The van der Waals surface area contributed by atoms with Gasteiger partial charge in [-0.3, -0.25) is 9.59 Å². The van der Waals surface area contributed by atoms with Crippen LogP contribution in [-0.4, -0.2) is 24.3 Å². The molecule has 1 fully saturated rings. The Kier molecular flexibility index (Phi) is 6.68. The van der Waals surface area contributed by atoms with E-state index in [-0.39, 0.29) is 24.1 Å². The Morgan fingerprint density at radius 2 is 2.20 bits per heavy atom. The summed E-state index contributed by atoms with van der Waals surface area (Å²) in [5.74, 6) is 0.0145. The molecule has 0 aromatic heterocycles. The van der Waals surface area contributed by atoms with Crippen LogP contribution in [0.1, 0.15) is 43.0 Å². The third-order valence-electron chi connectivity index (χ3n) is 3.44. The van der Waals surface area contributed by atoms with Gasteiger partial charge in [-0.15, -0.1) is 12.4 Å². The monoisotopic (exact) mass is 296 g/mol. The second-order valence-corrected chi connectivity index (χ2v) is 5.02. The van der Waals surface area contributed by atoms with E-state index in [2.05, 4.69) is 10.6 Å². The van der Waals surface area contributed by atoms with Crippen LogP contribution in [0.15, 0.2) is 24.3 Å². The van der Waals surface area contributed by atoms with Gasteiger partial charge in [0.1, 0.15) is 0 Å². The molecule has 1 unspecified atom stereocenters. The SMILES string of the molecule is CC(=O)c1cccc(NC(=O)CCC2CCCN2)c1.Cl. The number of anilines is 1. The number of hydrogen-bond acceptors (Lipinski definition) is 3. The number of carbonyl (C=O) groups is 2. The smallest absolute Gasteiger partial charge is 0.224 e. The second-order valence-electron chi connectivity index (χ2n) is 5.02. The molecule has 110 valence electrons. The fraction of sp³-hybridized carbons (Fsp3) is 0.467. The van der Waals surface area contributed by atoms with Gasteiger partial charge in [0.05, 0.1) is 0 Å². The summed E-state index contributed by atoms with van der Waals surface area (Å²) in [4.78, 5) is 23.1. The molecule has 1 amide bonds. The van der Waals surface area contributed by atoms with Crippen molar-refractivity contribution in [3.8, 4) is 0 Å². The van der Waals surface area contributed by atoms with E-state index in [0.717, 1.165) is 19.4 Å². The van der Waals surface area contributed by atoms with E-state index in [1.807, 2.05) is 0 Å². The second kappa shape index (κ2) is 8.02. The number of Topliss-reactive ketones (excluding diaryl/α,β-unsaturated/α-hetero) is 1. The van der Waals surface area contributed by atoms with Crippen molar-refractivity contribution in [2.24, 2.45) is 0 Å². The van der Waals surface area contributed by atoms with Gasteiger partial charge in [-0.05, 0) is 44.9 Å². The van der Waals surface area contributed by atoms with Crippen LogP contribution in [0.3, 0.4) is 0 Å². The predicted octanol–water partition coefficient (Wildman–Crippen LogP) is 2.78. The standard InChI is InChI=1S/C15H20N2O2.ClH/c1-11(18)12-4-2-5-14(10-12)17-15(19)8-7-13-6-3-9-16-13;/h2,4-5,10,13,16H,3,6-9H2,1H3,(H,17,19);1H. The number of nitrogens with one attached hydrogen (secondary N) is 2. The van der Waals surface area contributed by atoms with Crippen molar-refractivity contribution >= 4 is 29.8 Å². The molecule has 0 radical (unpaired) electrons. The lowest BCUT2D eigenvalue weighted by Crippen LogP contribution is -2.23. The number of halogens is 1. The van der Waals surface area contributed by atoms with Gasteiger partial charge in [-0.25, -0.2) is 0 Å². The van der Waals surface area contributed by atoms with E-state index in [9.17, 15) is 9.59 Å². The van der Waals surface area contributed by atoms with Crippen molar-refractivity contribution in [1.29, 1.82) is 0 Å². The van der Waals surface area contributed by atoms with Gasteiger partial charge in [-0.1, -0.05) is 12.1 Å². The van der Waals surface area contributed by atoms with Crippen LogP contribution in [0.25, 0.3) is 0 Å². The first-order chi connectivity index (χ1) is 9.15. The summed E-state index contributed by atoms with van der Waals surface area (Å²) in [5, 5.41) is 6.22. The summed E-state index contributed by atoms with van der Waals surface area (Å²) in [5.41, 5.74) is 1.31. The average molecular weight is 297 g/mol. The van der Waals surface area contributed by atoms with E-state index in [1.54, 1.807) is 24.3 Å². The van der Waals surface area contributed by atoms with Gasteiger partial charge in [0, 0.05) is 23.7 Å². The molecule has 2 rings (SSSR count). The number of hydrogen-bond donors (Lipinski definition) is 2. The fourth-order valence-electron chi connectivity index (χ4n) is 2.35. The van der Waals surface area contributed by atoms with E-state index in [4.69, 9.17) is 0 Å². The Labute approximate surface area is 125 Å². The van der Waals surface area contributed by atoms with Crippen LogP contribution in [-0.2, 0) is 4.79 Å². The average Bonchev–Trinajstić information content (AvgIpc) is 2.90. The third kappa shape index (κ3) is 4.94. The molecule has 20 heavy (non-hydrogen) atoms. The molecule has 0 bridgehead atoms. The van der Waals surface area contributed by atoms with E-state index < -0.39 is 0 Å². The summed E-state index contributed by atoms with van der Waals surface area (Å²) < 4.78 is 0. The molecule has 2 N–H and O–H groups in total. The minimum absolute atomic E-state index is 0. The molecule has 4 nitrogen and oxygen atoms in total. The largest absolute Gasteiger partial charge is 0.326 e. The summed E-state index contributed by atoms with van der Waals surface area (Å²) in [6.45, 7) is 2.58. The van der Waals surface area contributed by atoms with Crippen molar-refractivity contribution < 1.29 is 9.59 Å². The van der Waals surface area contributed by atoms with Gasteiger partial charge in [0.15, 0.2) is 5.78 Å². The lowest BCUT2D eigenvalue weighted by atomic mass is 10.1. The Bertz CT molecular complexity index is 471. The minimum Gasteiger partial charge on any atom is -0.326 e. The number of ketones is 1. The zero-order chi connectivity index (χ0) is 13.7. The first kappa shape index (κ1) is 16.7. The Morgan fingerprint density at radius 1 is 1.40 bits per heavy atom. The normalized spacial score (nSPS) is 17.4. The molecule has 5 heteroatoms. The Hall–Kier alpha value is -1.39. The molecule has 1 aliphatic rings. The molecule has 1 saturated heterocycles. The first-order valence-electron chi connectivity index (χ1n) is 6.79. The molecule has 1 aromatic rings. The highest BCUT2D eigenvalue weighted by molar-refractivity contribution is 5.97. The van der Waals surface area contributed by atoms with Gasteiger partial charge in [0.25, 0.3) is 0 Å². The van der Waals surface area contributed by atoms with Crippen molar-refractivity contribution in [3.63, 3.8) is 0 Å². The van der Waals surface area contributed by atoms with Crippen molar-refractivity contribution in [2.45, 2.75) is 38.6 Å². The van der Waals surface area contributed by atoms with E-state index in [0.29, 0.717) is 23.7 Å². The lowest BCUT2D eigenvalue weighted by molar-refractivity contribution is -0.116. The molecular weight excluding hydrogens is 276 g/mol. The number of rotatable bonds is 5. The highest BCUT2D eigenvalue weighted by atomic mass is 35.5. The number of carbonyl (C=O) groups excluding carboxylic acids is 2. The number of benzene rings is 1. The van der Waals surface area contributed by atoms with Crippen LogP contribution in [0.5, 0.6) is 0 Å². The summed E-state index contributed by atoms with van der Waals surface area (Å²) >= 11 is 0. The maximum absolute atomic E-state index is 11.8. The first-order valence-corrected chi connectivity index (χ1v) is 6.79. The van der Waals surface area contributed by atoms with Gasteiger partial charge >= 0.3 is 0 Å². The predicted molar refractivity (Wildman–Crippen MR) is 82.6 cm³/mol. The maximum atomic E-state index is 11.8. The summed E-state index contributed by atoms with van der Waals surface area (Å²) in [7, 11) is 0. The molecular formula is C15H21ClN2O2.